The molecule has 0 saturated carbocycles. The summed E-state index contributed by atoms with van der Waals surface area (Å²) in [6.07, 6.45) is -3.76. The predicted octanol–water partition coefficient (Wildman–Crippen LogP) is 5.25. The van der Waals surface area contributed by atoms with Crippen LogP contribution in [-0.2, 0) is 6.18 Å². The van der Waals surface area contributed by atoms with Crippen LogP contribution in [-0.4, -0.2) is 19.6 Å². The maximum absolute atomic E-state index is 12.8. The lowest BCUT2D eigenvalue weighted by molar-refractivity contribution is -0.137. The maximum atomic E-state index is 12.8. The van der Waals surface area contributed by atoms with Gasteiger partial charge in [-0.05, 0) is 36.1 Å². The van der Waals surface area contributed by atoms with E-state index in [0.29, 0.717) is 30.0 Å². The maximum Gasteiger partial charge on any atom is 0.416 e. The van der Waals surface area contributed by atoms with Crippen LogP contribution in [0.15, 0.2) is 53.5 Å². The zero-order valence-corrected chi connectivity index (χ0v) is 17.4. The molecule has 0 aliphatic carbocycles. The Kier molecular flexibility index (Phi) is 8.87. The Hall–Kier alpha value is -1.97. The summed E-state index contributed by atoms with van der Waals surface area (Å²) in [6, 6.07) is 12.7. The molecule has 0 aromatic heterocycles. The van der Waals surface area contributed by atoms with E-state index in [9.17, 15) is 13.2 Å². The van der Waals surface area contributed by atoms with E-state index in [4.69, 9.17) is 10.5 Å². The molecule has 2 rings (SSSR count). The fraction of sp³-hybridized carbons (Fsp3) is 0.316. The normalized spacial score (nSPS) is 12.9. The fourth-order valence-corrected chi connectivity index (χ4v) is 2.49. The summed E-state index contributed by atoms with van der Waals surface area (Å²) in [7, 11) is 1.56. The van der Waals surface area contributed by atoms with Gasteiger partial charge in [-0.3, -0.25) is 4.99 Å². The van der Waals surface area contributed by atoms with Gasteiger partial charge >= 0.3 is 6.18 Å². The minimum atomic E-state index is -4.34. The van der Waals surface area contributed by atoms with Crippen molar-refractivity contribution in [1.29, 1.82) is 0 Å². The number of para-hydroxylation sites is 2. The Morgan fingerprint density at radius 2 is 1.89 bits per heavy atom. The van der Waals surface area contributed by atoms with Crippen molar-refractivity contribution < 1.29 is 17.9 Å². The number of hydrogen-bond acceptors (Lipinski definition) is 2. The minimum Gasteiger partial charge on any atom is -0.495 e. The van der Waals surface area contributed by atoms with Crippen molar-refractivity contribution in [3.8, 4) is 5.75 Å². The van der Waals surface area contributed by atoms with Crippen molar-refractivity contribution in [2.75, 3.05) is 19.0 Å². The average molecular weight is 493 g/mol. The van der Waals surface area contributed by atoms with E-state index in [1.165, 1.54) is 12.1 Å². The SMILES string of the molecule is COc1ccccc1NC(N)=NCCC(C)c1cccc(C(F)(F)F)c1.I. The van der Waals surface area contributed by atoms with Gasteiger partial charge in [-0.2, -0.15) is 13.2 Å². The number of ether oxygens (including phenoxy) is 1. The lowest BCUT2D eigenvalue weighted by atomic mass is 9.96. The number of guanidine groups is 1. The van der Waals surface area contributed by atoms with Crippen LogP contribution in [0.3, 0.4) is 0 Å². The van der Waals surface area contributed by atoms with Crippen molar-refractivity contribution in [3.05, 3.63) is 59.7 Å². The number of methoxy groups -OCH3 is 1. The van der Waals surface area contributed by atoms with Gasteiger partial charge in [0.25, 0.3) is 0 Å². The van der Waals surface area contributed by atoms with Crippen molar-refractivity contribution in [2.45, 2.75) is 25.4 Å². The highest BCUT2D eigenvalue weighted by atomic mass is 127. The summed E-state index contributed by atoms with van der Waals surface area (Å²) in [6.45, 7) is 2.26. The van der Waals surface area contributed by atoms with E-state index in [1.807, 2.05) is 25.1 Å². The molecule has 8 heteroatoms. The third-order valence-corrected chi connectivity index (χ3v) is 4.00. The van der Waals surface area contributed by atoms with E-state index in [-0.39, 0.29) is 35.9 Å². The number of nitrogens with zero attached hydrogens (tertiary/aromatic N) is 1. The number of hydrogen-bond donors (Lipinski definition) is 2. The molecular weight excluding hydrogens is 470 g/mol. The molecule has 1 atom stereocenters. The molecule has 3 N–H and O–H groups in total. The number of benzene rings is 2. The molecule has 0 amide bonds. The molecule has 0 fully saturated rings. The smallest absolute Gasteiger partial charge is 0.416 e. The molecule has 1 unspecified atom stereocenters. The molecule has 0 heterocycles. The highest BCUT2D eigenvalue weighted by Gasteiger charge is 2.30. The molecular formula is C19H23F3IN3O. The zero-order chi connectivity index (χ0) is 19.2. The molecule has 0 aliphatic rings. The third-order valence-electron chi connectivity index (χ3n) is 4.00. The van der Waals surface area contributed by atoms with Gasteiger partial charge in [0.05, 0.1) is 18.4 Å². The van der Waals surface area contributed by atoms with E-state index < -0.39 is 11.7 Å². The number of alkyl halides is 3. The first-order valence-corrected chi connectivity index (χ1v) is 8.18. The van der Waals surface area contributed by atoms with E-state index in [0.717, 1.165) is 6.07 Å². The van der Waals surface area contributed by atoms with Gasteiger partial charge in [0.15, 0.2) is 5.96 Å². The number of halogens is 4. The Morgan fingerprint density at radius 3 is 2.56 bits per heavy atom. The second kappa shape index (κ2) is 10.4. The lowest BCUT2D eigenvalue weighted by Crippen LogP contribution is -2.23. The molecule has 0 radical (unpaired) electrons. The highest BCUT2D eigenvalue weighted by molar-refractivity contribution is 14.0. The first kappa shape index (κ1) is 23.1. The van der Waals surface area contributed by atoms with Crippen LogP contribution in [0.25, 0.3) is 0 Å². The zero-order valence-electron chi connectivity index (χ0n) is 15.1. The molecule has 0 bridgehead atoms. The molecule has 2 aromatic rings. The summed E-state index contributed by atoms with van der Waals surface area (Å²) in [4.78, 5) is 4.24. The number of rotatable bonds is 6. The standard InChI is InChI=1S/C19H22F3N3O.HI/c1-13(14-6-5-7-15(12-14)19(20,21)22)10-11-24-18(23)25-16-8-3-4-9-17(16)26-2;/h3-9,12-13H,10-11H2,1-2H3,(H3,23,24,25);1H. The van der Waals surface area contributed by atoms with Crippen LogP contribution in [0.5, 0.6) is 5.75 Å². The minimum absolute atomic E-state index is 0. The Balaban J connectivity index is 0.00000364. The van der Waals surface area contributed by atoms with E-state index in [2.05, 4.69) is 10.3 Å². The van der Waals surface area contributed by atoms with Crippen LogP contribution in [0.2, 0.25) is 0 Å². The first-order chi connectivity index (χ1) is 12.3. The third kappa shape index (κ3) is 6.93. The van der Waals surface area contributed by atoms with Crippen molar-refractivity contribution in [2.24, 2.45) is 10.7 Å². The van der Waals surface area contributed by atoms with Crippen LogP contribution >= 0.6 is 24.0 Å². The molecule has 0 aliphatic heterocycles. The van der Waals surface area contributed by atoms with Gasteiger partial charge in [0.2, 0.25) is 0 Å². The van der Waals surface area contributed by atoms with Gasteiger partial charge in [-0.25, -0.2) is 0 Å². The molecule has 0 spiro atoms. The Bertz CT molecular complexity index is 766. The predicted molar refractivity (Wildman–Crippen MR) is 113 cm³/mol. The van der Waals surface area contributed by atoms with Gasteiger partial charge in [0.1, 0.15) is 5.75 Å². The highest BCUT2D eigenvalue weighted by Crippen LogP contribution is 2.31. The Labute approximate surface area is 174 Å². The number of nitrogens with two attached hydrogens (primary N) is 1. The van der Waals surface area contributed by atoms with Gasteiger partial charge < -0.3 is 15.8 Å². The first-order valence-electron chi connectivity index (χ1n) is 8.18. The quantitative estimate of drug-likeness (QED) is 0.328. The van der Waals surface area contributed by atoms with Crippen molar-refractivity contribution in [3.63, 3.8) is 0 Å². The molecule has 148 valence electrons. The van der Waals surface area contributed by atoms with Crippen LogP contribution < -0.4 is 15.8 Å². The van der Waals surface area contributed by atoms with E-state index >= 15 is 0 Å². The molecule has 27 heavy (non-hydrogen) atoms. The van der Waals surface area contributed by atoms with Crippen LogP contribution in [0.1, 0.15) is 30.4 Å². The number of anilines is 1. The lowest BCUT2D eigenvalue weighted by Gasteiger charge is -2.14. The molecule has 0 saturated heterocycles. The van der Waals surface area contributed by atoms with Gasteiger partial charge in [-0.1, -0.05) is 37.3 Å². The van der Waals surface area contributed by atoms with Gasteiger partial charge in [-0.15, -0.1) is 24.0 Å². The molecule has 2 aromatic carbocycles. The fourth-order valence-electron chi connectivity index (χ4n) is 2.49. The largest absolute Gasteiger partial charge is 0.495 e. The monoisotopic (exact) mass is 493 g/mol. The van der Waals surface area contributed by atoms with Crippen molar-refractivity contribution >= 4 is 35.6 Å². The van der Waals surface area contributed by atoms with Crippen LogP contribution in [0, 0.1) is 0 Å². The summed E-state index contributed by atoms with van der Waals surface area (Å²) >= 11 is 0. The summed E-state index contributed by atoms with van der Waals surface area (Å²) in [5, 5.41) is 2.96. The van der Waals surface area contributed by atoms with E-state index in [1.54, 1.807) is 19.2 Å². The molecule has 4 nitrogen and oxygen atoms in total. The van der Waals surface area contributed by atoms with Crippen molar-refractivity contribution in [1.82, 2.24) is 0 Å². The van der Waals surface area contributed by atoms with Gasteiger partial charge in [0, 0.05) is 6.54 Å². The average Bonchev–Trinajstić information content (AvgIpc) is 2.61. The second-order valence-electron chi connectivity index (χ2n) is 5.91. The summed E-state index contributed by atoms with van der Waals surface area (Å²) in [5.74, 6) is 0.800. The number of aliphatic imine (C=N–C) groups is 1. The number of nitrogens with one attached hydrogen (secondary N) is 1. The van der Waals surface area contributed by atoms with Crippen LogP contribution in [0.4, 0.5) is 18.9 Å². The topological polar surface area (TPSA) is 59.6 Å². The summed E-state index contributed by atoms with van der Waals surface area (Å²) in [5.41, 5.74) is 6.56. The Morgan fingerprint density at radius 1 is 1.19 bits per heavy atom. The summed E-state index contributed by atoms with van der Waals surface area (Å²) < 4.78 is 43.6. The second-order valence-corrected chi connectivity index (χ2v) is 5.91.